The summed E-state index contributed by atoms with van der Waals surface area (Å²) in [5.41, 5.74) is 8.41. The maximum Gasteiger partial charge on any atom is 0.0737 e. The van der Waals surface area contributed by atoms with Crippen LogP contribution in [0.3, 0.4) is 0 Å². The number of aromatic nitrogens is 1. The van der Waals surface area contributed by atoms with Gasteiger partial charge in [-0.25, -0.2) is 0 Å². The summed E-state index contributed by atoms with van der Waals surface area (Å²) in [7, 11) is 0. The molecule has 0 saturated heterocycles. The summed E-state index contributed by atoms with van der Waals surface area (Å²) in [4.78, 5) is 4.63. The maximum absolute atomic E-state index is 4.63. The summed E-state index contributed by atoms with van der Waals surface area (Å²) >= 11 is 1.87. The van der Waals surface area contributed by atoms with Crippen LogP contribution < -0.4 is 0 Å². The van der Waals surface area contributed by atoms with E-state index in [2.05, 4.69) is 158 Å². The van der Waals surface area contributed by atoms with Gasteiger partial charge < -0.3 is 0 Å². The van der Waals surface area contributed by atoms with Gasteiger partial charge >= 0.3 is 0 Å². The number of allylic oxidation sites excluding steroid dienone is 3. The van der Waals surface area contributed by atoms with E-state index >= 15 is 0 Å². The first-order valence-corrected chi connectivity index (χ1v) is 17.0. The van der Waals surface area contributed by atoms with Gasteiger partial charge in [0.1, 0.15) is 0 Å². The molecule has 0 unspecified atom stereocenters. The Bertz CT molecular complexity index is 2710. The van der Waals surface area contributed by atoms with E-state index in [9.17, 15) is 0 Å². The Balaban J connectivity index is 1.18. The molecule has 0 aliphatic rings. The highest BCUT2D eigenvalue weighted by Crippen LogP contribution is 2.43. The maximum atomic E-state index is 4.63. The minimum atomic E-state index is 1.06. The second-order valence-electron chi connectivity index (χ2n) is 12.3. The van der Waals surface area contributed by atoms with Crippen molar-refractivity contribution in [1.82, 2.24) is 4.98 Å². The van der Waals surface area contributed by atoms with Crippen molar-refractivity contribution in [2.24, 2.45) is 0 Å². The SMILES string of the molecule is C/C=C(\C=C/c1ccc2cccnc2c1C)c1ccc2sc3ccc(-c4cccc5c6ccccc6c6ccccc6c45)cc3c2c1. The quantitative estimate of drug-likeness (QED) is 0.141. The van der Waals surface area contributed by atoms with Gasteiger partial charge in [0, 0.05) is 31.8 Å². The predicted octanol–water partition coefficient (Wildman–Crippen LogP) is 13.2. The summed E-state index contributed by atoms with van der Waals surface area (Å²) in [6.45, 7) is 4.28. The van der Waals surface area contributed by atoms with Crippen LogP contribution in [0.5, 0.6) is 0 Å². The lowest BCUT2D eigenvalue weighted by atomic mass is 9.89. The van der Waals surface area contributed by atoms with Crippen LogP contribution in [-0.2, 0) is 0 Å². The van der Waals surface area contributed by atoms with E-state index in [0.717, 1.165) is 5.52 Å². The van der Waals surface area contributed by atoms with Gasteiger partial charge in [-0.15, -0.1) is 11.3 Å². The first-order chi connectivity index (χ1) is 23.2. The molecule has 0 amide bonds. The van der Waals surface area contributed by atoms with E-state index in [4.69, 9.17) is 0 Å². The molecule has 2 aromatic heterocycles. The normalized spacial score (nSPS) is 12.5. The molecule has 0 bridgehead atoms. The van der Waals surface area contributed by atoms with E-state index in [1.54, 1.807) is 0 Å². The van der Waals surface area contributed by atoms with Crippen LogP contribution in [0.25, 0.3) is 86.2 Å². The third-order valence-electron chi connectivity index (χ3n) is 9.70. The Morgan fingerprint density at radius 2 is 1.30 bits per heavy atom. The minimum Gasteiger partial charge on any atom is -0.256 e. The second-order valence-corrected chi connectivity index (χ2v) is 13.4. The van der Waals surface area contributed by atoms with Gasteiger partial charge in [-0.05, 0) is 110 Å². The van der Waals surface area contributed by atoms with Gasteiger partial charge in [-0.1, -0.05) is 115 Å². The smallest absolute Gasteiger partial charge is 0.0737 e. The number of aryl methyl sites for hydroxylation is 1. The van der Waals surface area contributed by atoms with Crippen LogP contribution in [0.2, 0.25) is 0 Å². The molecule has 0 spiro atoms. The first kappa shape index (κ1) is 27.7. The number of nitrogens with zero attached hydrogens (tertiary/aromatic N) is 1. The van der Waals surface area contributed by atoms with Gasteiger partial charge in [0.25, 0.3) is 0 Å². The van der Waals surface area contributed by atoms with Crippen molar-refractivity contribution in [2.75, 3.05) is 0 Å². The molecule has 47 heavy (non-hydrogen) atoms. The summed E-state index contributed by atoms with van der Waals surface area (Å²) in [5, 5.41) is 11.6. The summed E-state index contributed by atoms with van der Waals surface area (Å²) in [6.07, 6.45) is 8.54. The molecule has 0 N–H and O–H groups in total. The van der Waals surface area contributed by atoms with Gasteiger partial charge in [0.2, 0.25) is 0 Å². The van der Waals surface area contributed by atoms with Crippen molar-refractivity contribution in [3.63, 3.8) is 0 Å². The number of hydrogen-bond acceptors (Lipinski definition) is 2. The number of benzene rings is 7. The van der Waals surface area contributed by atoms with E-state index in [-0.39, 0.29) is 0 Å². The lowest BCUT2D eigenvalue weighted by Crippen LogP contribution is -1.87. The van der Waals surface area contributed by atoms with Gasteiger partial charge in [0.15, 0.2) is 0 Å². The zero-order valence-corrected chi connectivity index (χ0v) is 27.1. The topological polar surface area (TPSA) is 12.9 Å². The number of fused-ring (bicyclic) bond motifs is 10. The van der Waals surface area contributed by atoms with Crippen molar-refractivity contribution >= 4 is 86.4 Å². The van der Waals surface area contributed by atoms with E-state index in [1.807, 2.05) is 23.6 Å². The third kappa shape index (κ3) is 4.48. The van der Waals surface area contributed by atoms with Gasteiger partial charge in [0.05, 0.1) is 5.52 Å². The number of thiophene rings is 1. The number of pyridine rings is 1. The largest absolute Gasteiger partial charge is 0.256 e. The first-order valence-electron chi connectivity index (χ1n) is 16.2. The molecule has 0 saturated carbocycles. The molecule has 7 aromatic carbocycles. The molecular weight excluding hydrogens is 587 g/mol. The van der Waals surface area contributed by atoms with Crippen molar-refractivity contribution in [2.45, 2.75) is 13.8 Å². The molecule has 0 fully saturated rings. The Morgan fingerprint density at radius 3 is 2.06 bits per heavy atom. The van der Waals surface area contributed by atoms with Crippen LogP contribution in [0.15, 0.2) is 146 Å². The fourth-order valence-electron chi connectivity index (χ4n) is 7.35. The monoisotopic (exact) mass is 617 g/mol. The van der Waals surface area contributed by atoms with Crippen LogP contribution in [0.4, 0.5) is 0 Å². The molecular formula is C45H31NS. The van der Waals surface area contributed by atoms with Crippen molar-refractivity contribution in [3.8, 4) is 11.1 Å². The highest BCUT2D eigenvalue weighted by atomic mass is 32.1. The molecule has 9 rings (SSSR count). The van der Waals surface area contributed by atoms with E-state index in [1.165, 1.54) is 91.3 Å². The lowest BCUT2D eigenvalue weighted by molar-refractivity contribution is 1.36. The lowest BCUT2D eigenvalue weighted by Gasteiger charge is -2.14. The molecule has 0 radical (unpaired) electrons. The van der Waals surface area contributed by atoms with Crippen LogP contribution in [-0.4, -0.2) is 4.98 Å². The third-order valence-corrected chi connectivity index (χ3v) is 10.9. The highest BCUT2D eigenvalue weighted by Gasteiger charge is 2.14. The standard InChI is InChI=1S/C45H31NS/c1-3-29(17-18-30-19-20-31-10-9-25-46-45(31)28(30)2)32-21-23-42-40(26-32)41-27-33(22-24-43(41)47-42)34-15-8-16-39-37-12-5-4-11-35(37)36-13-6-7-14-38(36)44(34)39/h3-27H,1-2H3/b18-17-,29-3+. The predicted molar refractivity (Wildman–Crippen MR) is 206 cm³/mol. The van der Waals surface area contributed by atoms with Crippen molar-refractivity contribution < 1.29 is 0 Å². The fraction of sp³-hybridized carbons (Fsp3) is 0.0444. The molecule has 2 heteroatoms. The average Bonchev–Trinajstić information content (AvgIpc) is 3.50. The van der Waals surface area contributed by atoms with E-state index in [0.29, 0.717) is 0 Å². The Labute approximate surface area is 277 Å². The molecule has 9 aromatic rings. The summed E-state index contributed by atoms with van der Waals surface area (Å²) in [5.74, 6) is 0. The summed E-state index contributed by atoms with van der Waals surface area (Å²) in [6, 6.07) is 46.9. The molecule has 1 nitrogen and oxygen atoms in total. The second kappa shape index (κ2) is 11.0. The molecule has 0 aliphatic heterocycles. The molecule has 0 atom stereocenters. The van der Waals surface area contributed by atoms with Crippen molar-refractivity contribution in [3.05, 3.63) is 162 Å². The average molecular weight is 618 g/mol. The van der Waals surface area contributed by atoms with Crippen LogP contribution >= 0.6 is 11.3 Å². The molecule has 2 heterocycles. The Morgan fingerprint density at radius 1 is 0.617 bits per heavy atom. The zero-order chi connectivity index (χ0) is 31.5. The fourth-order valence-corrected chi connectivity index (χ4v) is 8.41. The van der Waals surface area contributed by atoms with Gasteiger partial charge in [-0.3, -0.25) is 4.98 Å². The summed E-state index contributed by atoms with van der Waals surface area (Å²) < 4.78 is 2.62. The highest BCUT2D eigenvalue weighted by molar-refractivity contribution is 7.25. The Hall–Kier alpha value is -5.57. The Kier molecular flexibility index (Phi) is 6.51. The zero-order valence-electron chi connectivity index (χ0n) is 26.3. The van der Waals surface area contributed by atoms with Crippen molar-refractivity contribution in [1.29, 1.82) is 0 Å². The van der Waals surface area contributed by atoms with E-state index < -0.39 is 0 Å². The molecule has 0 aliphatic carbocycles. The van der Waals surface area contributed by atoms with Crippen LogP contribution in [0, 0.1) is 6.92 Å². The van der Waals surface area contributed by atoms with Crippen LogP contribution in [0.1, 0.15) is 23.6 Å². The molecule has 222 valence electrons. The van der Waals surface area contributed by atoms with Gasteiger partial charge in [-0.2, -0.15) is 0 Å². The minimum absolute atomic E-state index is 1.06. The number of hydrogen-bond donors (Lipinski definition) is 0. The number of rotatable bonds is 4.